The van der Waals surface area contributed by atoms with E-state index in [2.05, 4.69) is 202 Å². The summed E-state index contributed by atoms with van der Waals surface area (Å²) in [4.78, 5) is 0. The monoisotopic (exact) mass is 649 g/mol. The fourth-order valence-corrected chi connectivity index (χ4v) is 8.46. The van der Waals surface area contributed by atoms with Gasteiger partial charge in [-0.2, -0.15) is 0 Å². The van der Waals surface area contributed by atoms with Gasteiger partial charge >= 0.3 is 0 Å². The van der Waals surface area contributed by atoms with E-state index in [1.54, 1.807) is 0 Å². The molecule has 0 amide bonds. The number of para-hydroxylation sites is 4. The largest absolute Gasteiger partial charge is 0.309 e. The molecule has 0 saturated carbocycles. The van der Waals surface area contributed by atoms with Crippen LogP contribution in [0.5, 0.6) is 0 Å². The summed E-state index contributed by atoms with van der Waals surface area (Å²) in [5.41, 5.74) is 13.2. The molecule has 51 heavy (non-hydrogen) atoms. The number of fused-ring (bicyclic) bond motifs is 10. The maximum atomic E-state index is 2.46. The van der Waals surface area contributed by atoms with Crippen LogP contribution in [-0.2, 0) is 0 Å². The van der Waals surface area contributed by atoms with E-state index in [-0.39, 0.29) is 0 Å². The van der Waals surface area contributed by atoms with Crippen molar-refractivity contribution in [2.24, 2.45) is 0 Å². The van der Waals surface area contributed by atoms with Crippen molar-refractivity contribution in [3.05, 3.63) is 188 Å². The Morgan fingerprint density at radius 1 is 0.235 bits per heavy atom. The van der Waals surface area contributed by atoms with Gasteiger partial charge in [0, 0.05) is 49.4 Å². The molecule has 0 radical (unpaired) electrons. The van der Waals surface area contributed by atoms with Crippen molar-refractivity contribution in [3.63, 3.8) is 0 Å². The molecule has 3 aromatic heterocycles. The molecule has 8 aromatic carbocycles. The van der Waals surface area contributed by atoms with Gasteiger partial charge in [0.05, 0.1) is 33.1 Å². The molecule has 3 nitrogen and oxygen atoms in total. The van der Waals surface area contributed by atoms with E-state index in [9.17, 15) is 0 Å². The van der Waals surface area contributed by atoms with Crippen molar-refractivity contribution in [3.8, 4) is 28.2 Å². The Bertz CT molecular complexity index is 3110. The SMILES string of the molecule is c1ccc(-c2ccc(-n3c4ccccc4c4c5c6ccccc6n(-c6ccc7c(c6)c6ccccc6n7-c6ccccc6)c5ccc43)cc2)cc1. The van der Waals surface area contributed by atoms with Crippen LogP contribution in [-0.4, -0.2) is 13.7 Å². The number of rotatable bonds is 4. The molecule has 11 aromatic rings. The normalized spacial score (nSPS) is 11.9. The van der Waals surface area contributed by atoms with Crippen LogP contribution in [0, 0.1) is 0 Å². The number of aromatic nitrogens is 3. The summed E-state index contributed by atoms with van der Waals surface area (Å²) in [6, 6.07) is 68.3. The molecule has 0 fully saturated rings. The van der Waals surface area contributed by atoms with Crippen molar-refractivity contribution in [1.82, 2.24) is 13.7 Å². The van der Waals surface area contributed by atoms with Gasteiger partial charge in [-0.3, -0.25) is 0 Å². The molecule has 0 aliphatic heterocycles. The van der Waals surface area contributed by atoms with Crippen molar-refractivity contribution < 1.29 is 0 Å². The summed E-state index contributed by atoms with van der Waals surface area (Å²) in [5.74, 6) is 0. The summed E-state index contributed by atoms with van der Waals surface area (Å²) in [6.07, 6.45) is 0. The molecular weight excluding hydrogens is 619 g/mol. The summed E-state index contributed by atoms with van der Waals surface area (Å²) in [6.45, 7) is 0. The summed E-state index contributed by atoms with van der Waals surface area (Å²) < 4.78 is 7.26. The summed E-state index contributed by atoms with van der Waals surface area (Å²) in [5, 5.41) is 7.58. The standard InChI is InChI=1S/C48H31N3/c1-3-13-32(14-4-1)33-23-25-35(26-24-33)50-42-21-11-8-18-38(42)47-45(50)29-30-46-48(47)39-19-9-12-22-43(39)51(46)36-27-28-44-40(31-36)37-17-7-10-20-41(37)49(44)34-15-5-2-6-16-34/h1-31H. The fourth-order valence-electron chi connectivity index (χ4n) is 8.46. The van der Waals surface area contributed by atoms with Crippen LogP contribution in [0.1, 0.15) is 0 Å². The second-order valence-electron chi connectivity index (χ2n) is 13.4. The highest BCUT2D eigenvalue weighted by Crippen LogP contribution is 2.43. The minimum Gasteiger partial charge on any atom is -0.309 e. The third-order valence-electron chi connectivity index (χ3n) is 10.6. The van der Waals surface area contributed by atoms with Crippen LogP contribution in [0.25, 0.3) is 93.6 Å². The zero-order chi connectivity index (χ0) is 33.5. The molecule has 11 rings (SSSR count). The van der Waals surface area contributed by atoms with Gasteiger partial charge in [-0.25, -0.2) is 0 Å². The minimum atomic E-state index is 1.16. The molecule has 238 valence electrons. The van der Waals surface area contributed by atoms with E-state index >= 15 is 0 Å². The molecule has 0 aliphatic carbocycles. The average Bonchev–Trinajstić information content (AvgIpc) is 3.84. The second kappa shape index (κ2) is 10.8. The average molecular weight is 650 g/mol. The van der Waals surface area contributed by atoms with Crippen LogP contribution in [0.15, 0.2) is 188 Å². The van der Waals surface area contributed by atoms with Crippen LogP contribution in [0.2, 0.25) is 0 Å². The van der Waals surface area contributed by atoms with E-state index in [4.69, 9.17) is 0 Å². The molecule has 0 spiro atoms. The molecule has 3 heteroatoms. The number of benzene rings is 8. The Kier molecular flexibility index (Phi) is 5.96. The maximum absolute atomic E-state index is 2.46. The predicted molar refractivity (Wildman–Crippen MR) is 215 cm³/mol. The van der Waals surface area contributed by atoms with Crippen LogP contribution >= 0.6 is 0 Å². The number of nitrogens with zero attached hydrogens (tertiary/aromatic N) is 3. The summed E-state index contributed by atoms with van der Waals surface area (Å²) in [7, 11) is 0. The van der Waals surface area contributed by atoms with E-state index in [1.807, 2.05) is 0 Å². The third kappa shape index (κ3) is 4.06. The lowest BCUT2D eigenvalue weighted by Crippen LogP contribution is -1.96. The third-order valence-corrected chi connectivity index (χ3v) is 10.6. The Labute approximate surface area is 294 Å². The zero-order valence-electron chi connectivity index (χ0n) is 27.7. The molecule has 0 aliphatic rings. The van der Waals surface area contributed by atoms with Gasteiger partial charge in [-0.15, -0.1) is 0 Å². The first kappa shape index (κ1) is 28.0. The van der Waals surface area contributed by atoms with Crippen LogP contribution in [0.4, 0.5) is 0 Å². The zero-order valence-corrected chi connectivity index (χ0v) is 27.7. The number of hydrogen-bond acceptors (Lipinski definition) is 0. The maximum Gasteiger partial charge on any atom is 0.0548 e. The lowest BCUT2D eigenvalue weighted by molar-refractivity contribution is 1.16. The second-order valence-corrected chi connectivity index (χ2v) is 13.4. The van der Waals surface area contributed by atoms with Gasteiger partial charge < -0.3 is 13.7 Å². The predicted octanol–water partition coefficient (Wildman–Crippen LogP) is 12.6. The van der Waals surface area contributed by atoms with E-state index < -0.39 is 0 Å². The van der Waals surface area contributed by atoms with Gasteiger partial charge in [-0.1, -0.05) is 115 Å². The quantitative estimate of drug-likeness (QED) is 0.180. The lowest BCUT2D eigenvalue weighted by Gasteiger charge is -2.11. The number of hydrogen-bond donors (Lipinski definition) is 0. The van der Waals surface area contributed by atoms with E-state index in [0.29, 0.717) is 0 Å². The molecule has 0 atom stereocenters. The summed E-state index contributed by atoms with van der Waals surface area (Å²) >= 11 is 0. The highest BCUT2D eigenvalue weighted by Gasteiger charge is 2.21. The van der Waals surface area contributed by atoms with Crippen LogP contribution < -0.4 is 0 Å². The molecular formula is C48H31N3. The first-order chi connectivity index (χ1) is 25.3. The highest BCUT2D eigenvalue weighted by atomic mass is 15.0. The van der Waals surface area contributed by atoms with Crippen molar-refractivity contribution in [1.29, 1.82) is 0 Å². The van der Waals surface area contributed by atoms with Gasteiger partial charge in [0.15, 0.2) is 0 Å². The Morgan fingerprint density at radius 2 is 0.627 bits per heavy atom. The fraction of sp³-hybridized carbons (Fsp3) is 0. The first-order valence-electron chi connectivity index (χ1n) is 17.5. The van der Waals surface area contributed by atoms with Gasteiger partial charge in [0.25, 0.3) is 0 Å². The Morgan fingerprint density at radius 3 is 1.25 bits per heavy atom. The van der Waals surface area contributed by atoms with Crippen molar-refractivity contribution in [2.45, 2.75) is 0 Å². The molecule has 0 unspecified atom stereocenters. The van der Waals surface area contributed by atoms with Crippen molar-refractivity contribution >= 4 is 65.4 Å². The van der Waals surface area contributed by atoms with Gasteiger partial charge in [-0.05, 0) is 83.9 Å². The Balaban J connectivity index is 1.18. The van der Waals surface area contributed by atoms with Crippen LogP contribution in [0.3, 0.4) is 0 Å². The highest BCUT2D eigenvalue weighted by molar-refractivity contribution is 6.29. The topological polar surface area (TPSA) is 14.8 Å². The molecule has 0 bridgehead atoms. The van der Waals surface area contributed by atoms with E-state index in [0.717, 1.165) is 11.4 Å². The first-order valence-corrected chi connectivity index (χ1v) is 17.5. The smallest absolute Gasteiger partial charge is 0.0548 e. The molecule has 0 N–H and O–H groups in total. The van der Waals surface area contributed by atoms with Gasteiger partial charge in [0.2, 0.25) is 0 Å². The molecule has 0 saturated heterocycles. The molecule has 3 heterocycles. The Hall–Kier alpha value is -6.84. The van der Waals surface area contributed by atoms with Crippen molar-refractivity contribution in [2.75, 3.05) is 0 Å². The van der Waals surface area contributed by atoms with Gasteiger partial charge in [0.1, 0.15) is 0 Å². The minimum absolute atomic E-state index is 1.16. The van der Waals surface area contributed by atoms with E-state index in [1.165, 1.54) is 82.2 Å². The lowest BCUT2D eigenvalue weighted by atomic mass is 10.1.